The molecule has 1 N–H and O–H groups in total. The van der Waals surface area contributed by atoms with Gasteiger partial charge in [0.05, 0.1) is 19.3 Å². The standard InChI is InChI=1S/C14H28N2O3/c1-11(2)9-13-10-19-8-6-16(13)14(17)15-12(3)5-7-18-4/h11-13H,5-10H2,1-4H3,(H,15,17)/t12-,13-/m1/s1. The van der Waals surface area contributed by atoms with Crippen LogP contribution in [0.4, 0.5) is 4.79 Å². The number of carbonyl (C=O) groups excluding carboxylic acids is 1. The summed E-state index contributed by atoms with van der Waals surface area (Å²) in [5.74, 6) is 0.563. The van der Waals surface area contributed by atoms with Gasteiger partial charge in [0.1, 0.15) is 0 Å². The molecule has 5 nitrogen and oxygen atoms in total. The molecule has 0 unspecified atom stereocenters. The quantitative estimate of drug-likeness (QED) is 0.803. The largest absolute Gasteiger partial charge is 0.385 e. The highest BCUT2D eigenvalue weighted by molar-refractivity contribution is 5.75. The van der Waals surface area contributed by atoms with Gasteiger partial charge in [-0.25, -0.2) is 4.79 Å². The van der Waals surface area contributed by atoms with Gasteiger partial charge in [0.25, 0.3) is 0 Å². The fraction of sp³-hybridized carbons (Fsp3) is 0.929. The van der Waals surface area contributed by atoms with Gasteiger partial charge in [0.2, 0.25) is 0 Å². The highest BCUT2D eigenvalue weighted by Gasteiger charge is 2.28. The van der Waals surface area contributed by atoms with Crippen LogP contribution in [0.5, 0.6) is 0 Å². The third-order valence-corrected chi connectivity index (χ3v) is 3.36. The van der Waals surface area contributed by atoms with E-state index < -0.39 is 0 Å². The van der Waals surface area contributed by atoms with E-state index in [1.807, 2.05) is 11.8 Å². The van der Waals surface area contributed by atoms with Crippen LogP contribution in [0.1, 0.15) is 33.6 Å². The molecule has 0 aromatic rings. The molecule has 0 aliphatic carbocycles. The summed E-state index contributed by atoms with van der Waals surface area (Å²) in [6, 6.07) is 0.357. The molecule has 0 spiro atoms. The number of ether oxygens (including phenoxy) is 2. The smallest absolute Gasteiger partial charge is 0.318 e. The minimum atomic E-state index is 0.0255. The van der Waals surface area contributed by atoms with Crippen LogP contribution >= 0.6 is 0 Å². The second-order valence-electron chi connectivity index (χ2n) is 5.68. The molecular weight excluding hydrogens is 244 g/mol. The summed E-state index contributed by atoms with van der Waals surface area (Å²) in [6.45, 7) is 8.99. The Morgan fingerprint density at radius 1 is 1.47 bits per heavy atom. The van der Waals surface area contributed by atoms with E-state index in [0.29, 0.717) is 32.3 Å². The minimum absolute atomic E-state index is 0.0255. The number of hydrogen-bond acceptors (Lipinski definition) is 3. The van der Waals surface area contributed by atoms with Gasteiger partial charge in [-0.05, 0) is 25.7 Å². The monoisotopic (exact) mass is 272 g/mol. The van der Waals surface area contributed by atoms with E-state index in [9.17, 15) is 4.79 Å². The number of methoxy groups -OCH3 is 1. The van der Waals surface area contributed by atoms with Gasteiger partial charge in [-0.2, -0.15) is 0 Å². The van der Waals surface area contributed by atoms with Crippen molar-refractivity contribution in [3.05, 3.63) is 0 Å². The highest BCUT2D eigenvalue weighted by atomic mass is 16.5. The van der Waals surface area contributed by atoms with Crippen LogP contribution in [-0.4, -0.2) is 56.5 Å². The summed E-state index contributed by atoms with van der Waals surface area (Å²) in [7, 11) is 1.68. The number of nitrogens with zero attached hydrogens (tertiary/aromatic N) is 1. The Labute approximate surface area is 116 Å². The normalized spacial score (nSPS) is 21.5. The predicted molar refractivity (Wildman–Crippen MR) is 75.3 cm³/mol. The van der Waals surface area contributed by atoms with Gasteiger partial charge in [-0.3, -0.25) is 0 Å². The molecule has 2 atom stereocenters. The maximum Gasteiger partial charge on any atom is 0.318 e. The maximum absolute atomic E-state index is 12.3. The Hall–Kier alpha value is -0.810. The van der Waals surface area contributed by atoms with E-state index in [4.69, 9.17) is 9.47 Å². The van der Waals surface area contributed by atoms with E-state index in [2.05, 4.69) is 19.2 Å². The van der Waals surface area contributed by atoms with Crippen molar-refractivity contribution in [2.45, 2.75) is 45.7 Å². The second-order valence-corrected chi connectivity index (χ2v) is 5.68. The van der Waals surface area contributed by atoms with E-state index >= 15 is 0 Å². The van der Waals surface area contributed by atoms with Crippen molar-refractivity contribution in [2.24, 2.45) is 5.92 Å². The average Bonchev–Trinajstić information content (AvgIpc) is 2.36. The van der Waals surface area contributed by atoms with Crippen LogP contribution in [0.2, 0.25) is 0 Å². The van der Waals surface area contributed by atoms with Crippen LogP contribution in [-0.2, 0) is 9.47 Å². The number of rotatable bonds is 6. The zero-order valence-electron chi connectivity index (χ0n) is 12.6. The molecule has 0 aromatic heterocycles. The summed E-state index contributed by atoms with van der Waals surface area (Å²) < 4.78 is 10.5. The molecular formula is C14H28N2O3. The highest BCUT2D eigenvalue weighted by Crippen LogP contribution is 2.16. The SMILES string of the molecule is COCC[C@@H](C)NC(=O)N1CCOC[C@H]1CC(C)C. The van der Waals surface area contributed by atoms with Gasteiger partial charge >= 0.3 is 6.03 Å². The molecule has 1 aliphatic rings. The van der Waals surface area contributed by atoms with Crippen LogP contribution in [0, 0.1) is 5.92 Å². The first-order valence-electron chi connectivity index (χ1n) is 7.18. The Kier molecular flexibility index (Phi) is 7.16. The molecule has 5 heteroatoms. The first-order valence-corrected chi connectivity index (χ1v) is 7.18. The fourth-order valence-corrected chi connectivity index (χ4v) is 2.32. The van der Waals surface area contributed by atoms with Crippen molar-refractivity contribution in [3.8, 4) is 0 Å². The number of morpholine rings is 1. The minimum Gasteiger partial charge on any atom is -0.385 e. The molecule has 0 radical (unpaired) electrons. The van der Waals surface area contributed by atoms with Crippen molar-refractivity contribution < 1.29 is 14.3 Å². The summed E-state index contributed by atoms with van der Waals surface area (Å²) in [5, 5.41) is 3.04. The van der Waals surface area contributed by atoms with Gasteiger partial charge in [0.15, 0.2) is 0 Å². The summed E-state index contributed by atoms with van der Waals surface area (Å²) in [4.78, 5) is 14.2. The van der Waals surface area contributed by atoms with Crippen LogP contribution in [0.25, 0.3) is 0 Å². The van der Waals surface area contributed by atoms with Crippen LogP contribution in [0.15, 0.2) is 0 Å². The molecule has 1 rings (SSSR count). The molecule has 0 saturated carbocycles. The van der Waals surface area contributed by atoms with E-state index in [0.717, 1.165) is 12.8 Å². The van der Waals surface area contributed by atoms with E-state index in [-0.39, 0.29) is 18.1 Å². The summed E-state index contributed by atoms with van der Waals surface area (Å²) in [6.07, 6.45) is 1.82. The lowest BCUT2D eigenvalue weighted by Crippen LogP contribution is -2.54. The zero-order valence-corrected chi connectivity index (χ0v) is 12.6. The lowest BCUT2D eigenvalue weighted by molar-refractivity contribution is 0.00493. The fourth-order valence-electron chi connectivity index (χ4n) is 2.32. The Morgan fingerprint density at radius 3 is 2.84 bits per heavy atom. The van der Waals surface area contributed by atoms with E-state index in [1.54, 1.807) is 7.11 Å². The topological polar surface area (TPSA) is 50.8 Å². The van der Waals surface area contributed by atoms with Crippen molar-refractivity contribution in [2.75, 3.05) is 33.5 Å². The van der Waals surface area contributed by atoms with Crippen LogP contribution < -0.4 is 5.32 Å². The third-order valence-electron chi connectivity index (χ3n) is 3.36. The molecule has 112 valence electrons. The number of hydrogen-bond donors (Lipinski definition) is 1. The molecule has 1 aliphatic heterocycles. The van der Waals surface area contributed by atoms with E-state index in [1.165, 1.54) is 0 Å². The number of carbonyl (C=O) groups is 1. The molecule has 1 heterocycles. The molecule has 0 aromatic carbocycles. The number of amides is 2. The van der Waals surface area contributed by atoms with Gasteiger partial charge in [-0.15, -0.1) is 0 Å². The molecule has 2 amide bonds. The molecule has 1 saturated heterocycles. The van der Waals surface area contributed by atoms with Gasteiger partial charge in [-0.1, -0.05) is 13.8 Å². The Balaban J connectivity index is 2.47. The lowest BCUT2D eigenvalue weighted by atomic mass is 10.0. The van der Waals surface area contributed by atoms with Gasteiger partial charge < -0.3 is 19.7 Å². The zero-order chi connectivity index (χ0) is 14.3. The van der Waals surface area contributed by atoms with Crippen molar-refractivity contribution in [3.63, 3.8) is 0 Å². The van der Waals surface area contributed by atoms with Crippen molar-refractivity contribution in [1.29, 1.82) is 0 Å². The van der Waals surface area contributed by atoms with Crippen molar-refractivity contribution >= 4 is 6.03 Å². The molecule has 1 fully saturated rings. The number of urea groups is 1. The maximum atomic E-state index is 12.3. The summed E-state index contributed by atoms with van der Waals surface area (Å²) in [5.41, 5.74) is 0. The first-order chi connectivity index (χ1) is 9.04. The third kappa shape index (κ3) is 5.78. The lowest BCUT2D eigenvalue weighted by Gasteiger charge is -2.37. The second kappa shape index (κ2) is 8.38. The predicted octanol–water partition coefficient (Wildman–Crippen LogP) is 1.87. The van der Waals surface area contributed by atoms with Gasteiger partial charge in [0, 0.05) is 26.3 Å². The van der Waals surface area contributed by atoms with Crippen LogP contribution in [0.3, 0.4) is 0 Å². The van der Waals surface area contributed by atoms with Crippen molar-refractivity contribution in [1.82, 2.24) is 10.2 Å². The number of nitrogens with one attached hydrogen (secondary N) is 1. The molecule has 0 bridgehead atoms. The Bertz CT molecular complexity index is 271. The Morgan fingerprint density at radius 2 is 2.21 bits per heavy atom. The molecule has 19 heavy (non-hydrogen) atoms. The average molecular weight is 272 g/mol. The first kappa shape index (κ1) is 16.2. The summed E-state index contributed by atoms with van der Waals surface area (Å²) >= 11 is 0.